The summed E-state index contributed by atoms with van der Waals surface area (Å²) in [5.41, 5.74) is 6.70. The molecule has 3 heteroatoms. The Hall–Kier alpha value is -0.600. The lowest BCUT2D eigenvalue weighted by atomic mass is 10.2. The first kappa shape index (κ1) is 7.07. The number of rotatable bonds is 1. The average Bonchev–Trinajstić information content (AvgIpc) is 2.67. The molecule has 58 valence electrons. The van der Waals surface area contributed by atoms with Crippen LogP contribution in [0.25, 0.3) is 0 Å². The van der Waals surface area contributed by atoms with Crippen molar-refractivity contribution < 1.29 is 0 Å². The smallest absolute Gasteiger partial charge is 0.129 e. The molecule has 0 radical (unpaired) electrons. The van der Waals surface area contributed by atoms with Gasteiger partial charge in [0.05, 0.1) is 0 Å². The molecule has 1 aliphatic carbocycles. The van der Waals surface area contributed by atoms with E-state index in [4.69, 9.17) is 17.3 Å². The van der Waals surface area contributed by atoms with Crippen molar-refractivity contribution in [2.75, 3.05) is 0 Å². The van der Waals surface area contributed by atoms with E-state index in [9.17, 15) is 0 Å². The first-order valence-corrected chi connectivity index (χ1v) is 4.03. The predicted molar refractivity (Wildman–Crippen MR) is 44.6 cm³/mol. The summed E-state index contributed by atoms with van der Waals surface area (Å²) in [5, 5.41) is 0.557. The molecule has 2 unspecified atom stereocenters. The van der Waals surface area contributed by atoms with Crippen molar-refractivity contribution in [3.63, 3.8) is 0 Å². The molecule has 11 heavy (non-hydrogen) atoms. The predicted octanol–water partition coefficient (Wildman–Crippen LogP) is 1.55. The van der Waals surface area contributed by atoms with E-state index >= 15 is 0 Å². The van der Waals surface area contributed by atoms with Gasteiger partial charge >= 0.3 is 0 Å². The highest BCUT2D eigenvalue weighted by Gasteiger charge is 2.35. The van der Waals surface area contributed by atoms with Gasteiger partial charge in [-0.2, -0.15) is 0 Å². The molecule has 0 saturated heterocycles. The van der Waals surface area contributed by atoms with Gasteiger partial charge in [0.15, 0.2) is 0 Å². The maximum atomic E-state index is 5.71. The third kappa shape index (κ3) is 1.37. The van der Waals surface area contributed by atoms with Crippen LogP contribution in [0, 0.1) is 0 Å². The molecular weight excluding hydrogens is 160 g/mol. The molecule has 1 saturated carbocycles. The fourth-order valence-electron chi connectivity index (χ4n) is 1.19. The maximum Gasteiger partial charge on any atom is 0.129 e. The van der Waals surface area contributed by atoms with Crippen LogP contribution in [0.2, 0.25) is 5.15 Å². The van der Waals surface area contributed by atoms with E-state index in [1.54, 1.807) is 6.07 Å². The summed E-state index contributed by atoms with van der Waals surface area (Å²) in [6.45, 7) is 0. The number of nitrogens with zero attached hydrogens (tertiary/aromatic N) is 1. The van der Waals surface area contributed by atoms with Gasteiger partial charge in [0.2, 0.25) is 0 Å². The fraction of sp³-hybridized carbons (Fsp3) is 0.375. The highest BCUT2D eigenvalue weighted by atomic mass is 35.5. The minimum Gasteiger partial charge on any atom is -0.327 e. The van der Waals surface area contributed by atoms with E-state index in [2.05, 4.69) is 4.98 Å². The highest BCUT2D eigenvalue weighted by Crippen LogP contribution is 2.37. The number of hydrogen-bond acceptors (Lipinski definition) is 2. The molecule has 0 aromatic carbocycles. The first-order chi connectivity index (χ1) is 5.27. The zero-order chi connectivity index (χ0) is 7.84. The highest BCUT2D eigenvalue weighted by molar-refractivity contribution is 6.29. The number of pyridine rings is 1. The summed E-state index contributed by atoms with van der Waals surface area (Å²) in [5.74, 6) is 0.452. The second kappa shape index (κ2) is 2.47. The molecule has 0 spiro atoms. The normalized spacial score (nSPS) is 28.5. The van der Waals surface area contributed by atoms with Crippen molar-refractivity contribution in [3.05, 3.63) is 29.0 Å². The van der Waals surface area contributed by atoms with E-state index in [-0.39, 0.29) is 0 Å². The molecule has 1 aromatic heterocycles. The van der Waals surface area contributed by atoms with Crippen LogP contribution in [-0.2, 0) is 0 Å². The van der Waals surface area contributed by atoms with E-state index in [0.717, 1.165) is 12.1 Å². The Labute approximate surface area is 70.4 Å². The van der Waals surface area contributed by atoms with Gasteiger partial charge in [-0.3, -0.25) is 0 Å². The largest absolute Gasteiger partial charge is 0.327 e. The topological polar surface area (TPSA) is 38.9 Å². The van der Waals surface area contributed by atoms with Gasteiger partial charge in [0.1, 0.15) is 5.15 Å². The molecule has 1 fully saturated rings. The molecule has 0 aliphatic heterocycles. The van der Waals surface area contributed by atoms with Crippen molar-refractivity contribution in [3.8, 4) is 0 Å². The lowest BCUT2D eigenvalue weighted by molar-refractivity contribution is 0.945. The van der Waals surface area contributed by atoms with Gasteiger partial charge in [-0.1, -0.05) is 17.7 Å². The molecule has 2 N–H and O–H groups in total. The van der Waals surface area contributed by atoms with Gasteiger partial charge in [-0.05, 0) is 18.6 Å². The Balaban J connectivity index is 2.25. The van der Waals surface area contributed by atoms with Crippen LogP contribution in [0.1, 0.15) is 18.0 Å². The van der Waals surface area contributed by atoms with Gasteiger partial charge in [-0.25, -0.2) is 4.98 Å². The Bertz CT molecular complexity index is 275. The van der Waals surface area contributed by atoms with Crippen molar-refractivity contribution in [2.45, 2.75) is 18.4 Å². The minimum atomic E-state index is 0.306. The zero-order valence-electron chi connectivity index (χ0n) is 6.00. The third-order valence-corrected chi connectivity index (χ3v) is 2.17. The van der Waals surface area contributed by atoms with E-state index < -0.39 is 0 Å². The summed E-state index contributed by atoms with van der Waals surface area (Å²) in [6, 6.07) is 5.97. The molecule has 2 nitrogen and oxygen atoms in total. The monoisotopic (exact) mass is 168 g/mol. The Morgan fingerprint density at radius 1 is 1.55 bits per heavy atom. The Morgan fingerprint density at radius 2 is 2.27 bits per heavy atom. The Morgan fingerprint density at radius 3 is 2.82 bits per heavy atom. The summed E-state index contributed by atoms with van der Waals surface area (Å²) in [6.07, 6.45) is 1.05. The van der Waals surface area contributed by atoms with Gasteiger partial charge in [0.25, 0.3) is 0 Å². The quantitative estimate of drug-likeness (QED) is 0.647. The van der Waals surface area contributed by atoms with Gasteiger partial charge < -0.3 is 5.73 Å². The zero-order valence-corrected chi connectivity index (χ0v) is 6.75. The van der Waals surface area contributed by atoms with Crippen LogP contribution in [0.15, 0.2) is 18.2 Å². The summed E-state index contributed by atoms with van der Waals surface area (Å²) < 4.78 is 0. The SMILES string of the molecule is NC1CC1c1cccc(Cl)n1. The molecule has 1 aliphatic rings. The number of halogens is 1. The van der Waals surface area contributed by atoms with Crippen LogP contribution in [0.3, 0.4) is 0 Å². The van der Waals surface area contributed by atoms with Crippen molar-refractivity contribution in [1.82, 2.24) is 4.98 Å². The van der Waals surface area contributed by atoms with E-state index in [1.807, 2.05) is 12.1 Å². The third-order valence-electron chi connectivity index (χ3n) is 1.96. The van der Waals surface area contributed by atoms with Gasteiger partial charge in [0, 0.05) is 17.7 Å². The van der Waals surface area contributed by atoms with E-state index in [1.165, 1.54) is 0 Å². The van der Waals surface area contributed by atoms with Crippen LogP contribution in [-0.4, -0.2) is 11.0 Å². The minimum absolute atomic E-state index is 0.306. The standard InChI is InChI=1S/C8H9ClN2/c9-8-3-1-2-7(11-8)5-4-6(5)10/h1-3,5-6H,4,10H2. The van der Waals surface area contributed by atoms with Crippen molar-refractivity contribution >= 4 is 11.6 Å². The molecule has 0 bridgehead atoms. The van der Waals surface area contributed by atoms with Crippen LogP contribution in [0.5, 0.6) is 0 Å². The fourth-order valence-corrected chi connectivity index (χ4v) is 1.36. The first-order valence-electron chi connectivity index (χ1n) is 3.65. The molecule has 1 heterocycles. The molecule has 0 amide bonds. The summed E-state index contributed by atoms with van der Waals surface area (Å²) in [4.78, 5) is 4.17. The average molecular weight is 169 g/mol. The molecular formula is C8H9ClN2. The second-order valence-electron chi connectivity index (χ2n) is 2.89. The summed E-state index contributed by atoms with van der Waals surface area (Å²) >= 11 is 5.71. The van der Waals surface area contributed by atoms with Crippen molar-refractivity contribution in [1.29, 1.82) is 0 Å². The number of hydrogen-bond donors (Lipinski definition) is 1. The second-order valence-corrected chi connectivity index (χ2v) is 3.28. The van der Waals surface area contributed by atoms with Crippen molar-refractivity contribution in [2.24, 2.45) is 5.73 Å². The number of nitrogens with two attached hydrogens (primary N) is 1. The summed E-state index contributed by atoms with van der Waals surface area (Å²) in [7, 11) is 0. The van der Waals surface area contributed by atoms with Crippen LogP contribution < -0.4 is 5.73 Å². The lowest BCUT2D eigenvalue weighted by Crippen LogP contribution is -2.01. The Kier molecular flexibility index (Phi) is 1.59. The maximum absolute atomic E-state index is 5.71. The number of aromatic nitrogens is 1. The molecule has 2 rings (SSSR count). The molecule has 1 aromatic rings. The van der Waals surface area contributed by atoms with Crippen LogP contribution in [0.4, 0.5) is 0 Å². The van der Waals surface area contributed by atoms with Gasteiger partial charge in [-0.15, -0.1) is 0 Å². The van der Waals surface area contributed by atoms with E-state index in [0.29, 0.717) is 17.1 Å². The van der Waals surface area contributed by atoms with Crippen LogP contribution >= 0.6 is 11.6 Å². The lowest BCUT2D eigenvalue weighted by Gasteiger charge is -1.96. The molecule has 2 atom stereocenters.